The number of benzene rings is 1. The first-order valence-corrected chi connectivity index (χ1v) is 6.86. The SMILES string of the molecule is Cc1ccc(NC(=O)c2nn(C)c3ccc(F)cc3c2=O)nc1. The maximum atomic E-state index is 13.4. The lowest BCUT2D eigenvalue weighted by Gasteiger charge is -2.08. The Kier molecular flexibility index (Phi) is 3.61. The van der Waals surface area contributed by atoms with Crippen LogP contribution in [-0.4, -0.2) is 20.7 Å². The molecule has 6 nitrogen and oxygen atoms in total. The van der Waals surface area contributed by atoms with Gasteiger partial charge in [-0.2, -0.15) is 5.10 Å². The molecule has 2 aromatic heterocycles. The fourth-order valence-corrected chi connectivity index (χ4v) is 2.21. The van der Waals surface area contributed by atoms with Crippen molar-refractivity contribution in [3.05, 3.63) is 63.8 Å². The quantitative estimate of drug-likeness (QED) is 0.785. The first-order valence-electron chi connectivity index (χ1n) is 6.86. The van der Waals surface area contributed by atoms with Crippen LogP contribution in [-0.2, 0) is 7.05 Å². The minimum Gasteiger partial charge on any atom is -0.305 e. The zero-order valence-electron chi connectivity index (χ0n) is 12.5. The maximum absolute atomic E-state index is 13.4. The van der Waals surface area contributed by atoms with Gasteiger partial charge in [0.2, 0.25) is 5.43 Å². The fourth-order valence-electron chi connectivity index (χ4n) is 2.21. The molecule has 0 saturated heterocycles. The van der Waals surface area contributed by atoms with Crippen molar-refractivity contribution in [3.8, 4) is 0 Å². The average Bonchev–Trinajstić information content (AvgIpc) is 2.53. The molecule has 23 heavy (non-hydrogen) atoms. The van der Waals surface area contributed by atoms with Gasteiger partial charge in [-0.3, -0.25) is 14.3 Å². The highest BCUT2D eigenvalue weighted by atomic mass is 19.1. The van der Waals surface area contributed by atoms with Gasteiger partial charge in [0, 0.05) is 13.2 Å². The Labute approximate surface area is 130 Å². The molecule has 0 radical (unpaired) electrons. The molecule has 0 unspecified atom stereocenters. The molecule has 0 fully saturated rings. The molecule has 1 amide bonds. The standard InChI is InChI=1S/C16H13FN4O2/c1-9-3-6-13(18-8-9)19-16(23)14-15(22)11-7-10(17)4-5-12(11)21(2)20-14/h3-8H,1-2H3,(H,18,19,23). The number of rotatable bonds is 2. The summed E-state index contributed by atoms with van der Waals surface area (Å²) in [6, 6.07) is 7.18. The first kappa shape index (κ1) is 14.8. The Morgan fingerprint density at radius 1 is 1.26 bits per heavy atom. The van der Waals surface area contributed by atoms with E-state index in [0.717, 1.165) is 11.6 Å². The van der Waals surface area contributed by atoms with E-state index in [1.165, 1.54) is 16.8 Å². The van der Waals surface area contributed by atoms with Gasteiger partial charge in [0.1, 0.15) is 11.6 Å². The minimum atomic E-state index is -0.687. The van der Waals surface area contributed by atoms with E-state index in [2.05, 4.69) is 15.4 Å². The summed E-state index contributed by atoms with van der Waals surface area (Å²) in [6.07, 6.45) is 1.59. The number of halogens is 1. The first-order chi connectivity index (χ1) is 11.0. The van der Waals surface area contributed by atoms with Gasteiger partial charge in [0.25, 0.3) is 5.91 Å². The largest absolute Gasteiger partial charge is 0.305 e. The van der Waals surface area contributed by atoms with Crippen molar-refractivity contribution in [3.63, 3.8) is 0 Å². The third-order valence-corrected chi connectivity index (χ3v) is 3.38. The summed E-state index contributed by atoms with van der Waals surface area (Å²) in [5.41, 5.74) is 0.454. The van der Waals surface area contributed by atoms with Crippen molar-refractivity contribution in [2.45, 2.75) is 6.92 Å². The molecule has 2 heterocycles. The third-order valence-electron chi connectivity index (χ3n) is 3.38. The summed E-state index contributed by atoms with van der Waals surface area (Å²) in [5, 5.41) is 6.60. The number of nitrogens with zero attached hydrogens (tertiary/aromatic N) is 3. The van der Waals surface area contributed by atoms with Crippen LogP contribution in [0, 0.1) is 12.7 Å². The number of amides is 1. The highest BCUT2D eigenvalue weighted by Crippen LogP contribution is 2.12. The van der Waals surface area contributed by atoms with Crippen LogP contribution in [0.25, 0.3) is 10.9 Å². The number of nitrogens with one attached hydrogen (secondary N) is 1. The summed E-state index contributed by atoms with van der Waals surface area (Å²) in [6.45, 7) is 1.87. The number of aryl methyl sites for hydroxylation is 2. The molecule has 7 heteroatoms. The third kappa shape index (κ3) is 2.80. The summed E-state index contributed by atoms with van der Waals surface area (Å²) in [4.78, 5) is 28.7. The van der Waals surface area contributed by atoms with E-state index < -0.39 is 17.2 Å². The van der Waals surface area contributed by atoms with E-state index in [9.17, 15) is 14.0 Å². The molecular formula is C16H13FN4O2. The van der Waals surface area contributed by atoms with Crippen molar-refractivity contribution >= 4 is 22.6 Å². The number of pyridine rings is 1. The Morgan fingerprint density at radius 3 is 2.74 bits per heavy atom. The molecule has 116 valence electrons. The number of carbonyl (C=O) groups excluding carboxylic acids is 1. The molecule has 0 spiro atoms. The smallest absolute Gasteiger partial charge is 0.281 e. The molecule has 0 bridgehead atoms. The van der Waals surface area contributed by atoms with Crippen LogP contribution in [0.5, 0.6) is 0 Å². The zero-order valence-corrected chi connectivity index (χ0v) is 12.5. The lowest BCUT2D eigenvalue weighted by Crippen LogP contribution is -2.26. The second kappa shape index (κ2) is 5.60. The molecule has 1 aromatic carbocycles. The Hall–Kier alpha value is -3.09. The topological polar surface area (TPSA) is 76.9 Å². The van der Waals surface area contributed by atoms with E-state index in [1.807, 2.05) is 6.92 Å². The lowest BCUT2D eigenvalue weighted by atomic mass is 10.2. The predicted octanol–water partition coefficient (Wildman–Crippen LogP) is 2.03. The van der Waals surface area contributed by atoms with Gasteiger partial charge in [-0.05, 0) is 36.8 Å². The predicted molar refractivity (Wildman–Crippen MR) is 83.9 cm³/mol. The van der Waals surface area contributed by atoms with Gasteiger partial charge in [-0.1, -0.05) is 6.07 Å². The van der Waals surface area contributed by atoms with Crippen LogP contribution in [0.2, 0.25) is 0 Å². The van der Waals surface area contributed by atoms with Crippen LogP contribution in [0.4, 0.5) is 10.2 Å². The van der Waals surface area contributed by atoms with E-state index in [4.69, 9.17) is 0 Å². The fraction of sp³-hybridized carbons (Fsp3) is 0.125. The van der Waals surface area contributed by atoms with Gasteiger partial charge in [-0.25, -0.2) is 9.37 Å². The van der Waals surface area contributed by atoms with Crippen LogP contribution in [0.1, 0.15) is 16.1 Å². The number of aromatic nitrogens is 3. The Balaban J connectivity index is 2.05. The average molecular weight is 312 g/mol. The van der Waals surface area contributed by atoms with Crippen LogP contribution in [0.15, 0.2) is 41.3 Å². The number of carbonyl (C=O) groups is 1. The van der Waals surface area contributed by atoms with E-state index in [1.54, 1.807) is 25.4 Å². The van der Waals surface area contributed by atoms with E-state index in [-0.39, 0.29) is 11.1 Å². The minimum absolute atomic E-state index is 0.101. The summed E-state index contributed by atoms with van der Waals surface area (Å²) < 4.78 is 14.8. The van der Waals surface area contributed by atoms with Crippen molar-refractivity contribution < 1.29 is 9.18 Å². The maximum Gasteiger partial charge on any atom is 0.281 e. The summed E-state index contributed by atoms with van der Waals surface area (Å²) in [7, 11) is 1.58. The van der Waals surface area contributed by atoms with E-state index >= 15 is 0 Å². The summed E-state index contributed by atoms with van der Waals surface area (Å²) >= 11 is 0. The second-order valence-corrected chi connectivity index (χ2v) is 5.14. The molecule has 0 aliphatic heterocycles. The van der Waals surface area contributed by atoms with Crippen LogP contribution >= 0.6 is 0 Å². The zero-order chi connectivity index (χ0) is 16.6. The lowest BCUT2D eigenvalue weighted by molar-refractivity contribution is 0.101. The van der Waals surface area contributed by atoms with Gasteiger partial charge in [-0.15, -0.1) is 0 Å². The molecule has 0 atom stereocenters. The van der Waals surface area contributed by atoms with Gasteiger partial charge in [0.05, 0.1) is 10.9 Å². The molecular weight excluding hydrogens is 299 g/mol. The van der Waals surface area contributed by atoms with Crippen LogP contribution < -0.4 is 10.7 Å². The highest BCUT2D eigenvalue weighted by Gasteiger charge is 2.17. The Morgan fingerprint density at radius 2 is 2.04 bits per heavy atom. The number of anilines is 1. The van der Waals surface area contributed by atoms with Gasteiger partial charge < -0.3 is 5.32 Å². The number of fused-ring (bicyclic) bond motifs is 1. The molecule has 3 aromatic rings. The normalized spacial score (nSPS) is 10.7. The van der Waals surface area contributed by atoms with E-state index in [0.29, 0.717) is 11.3 Å². The second-order valence-electron chi connectivity index (χ2n) is 5.14. The number of hydrogen-bond acceptors (Lipinski definition) is 4. The molecule has 0 aliphatic rings. The van der Waals surface area contributed by atoms with Crippen LogP contribution in [0.3, 0.4) is 0 Å². The number of hydrogen-bond donors (Lipinski definition) is 1. The molecule has 3 rings (SSSR count). The van der Waals surface area contributed by atoms with Gasteiger partial charge in [0.15, 0.2) is 5.69 Å². The highest BCUT2D eigenvalue weighted by molar-refractivity contribution is 6.03. The molecule has 1 N–H and O–H groups in total. The Bertz CT molecular complexity index is 964. The molecule has 0 aliphatic carbocycles. The van der Waals surface area contributed by atoms with Crippen molar-refractivity contribution in [1.82, 2.24) is 14.8 Å². The monoisotopic (exact) mass is 312 g/mol. The van der Waals surface area contributed by atoms with Crippen molar-refractivity contribution in [2.75, 3.05) is 5.32 Å². The van der Waals surface area contributed by atoms with Gasteiger partial charge >= 0.3 is 0 Å². The molecule has 0 saturated carbocycles. The van der Waals surface area contributed by atoms with Crippen molar-refractivity contribution in [2.24, 2.45) is 7.05 Å². The van der Waals surface area contributed by atoms with Crippen molar-refractivity contribution in [1.29, 1.82) is 0 Å². The summed E-state index contributed by atoms with van der Waals surface area (Å²) in [5.74, 6) is -0.927.